The van der Waals surface area contributed by atoms with Gasteiger partial charge in [0.2, 0.25) is 0 Å². The summed E-state index contributed by atoms with van der Waals surface area (Å²) >= 11 is 11.8. The molecule has 1 aliphatic heterocycles. The molecule has 5 nitrogen and oxygen atoms in total. The summed E-state index contributed by atoms with van der Waals surface area (Å²) in [6.07, 6.45) is 1.80. The predicted molar refractivity (Wildman–Crippen MR) is 87.6 cm³/mol. The van der Waals surface area contributed by atoms with Gasteiger partial charge < -0.3 is 14.7 Å². The summed E-state index contributed by atoms with van der Waals surface area (Å²) in [6, 6.07) is 1.66. The molecular weight excluding hydrogens is 339 g/mol. The van der Waals surface area contributed by atoms with E-state index in [0.717, 1.165) is 0 Å². The van der Waals surface area contributed by atoms with E-state index in [1.165, 1.54) is 0 Å². The first-order valence-corrected chi connectivity index (χ1v) is 8.37. The van der Waals surface area contributed by atoms with Crippen molar-refractivity contribution in [1.82, 2.24) is 9.88 Å². The number of nitrogens with zero attached hydrogens (tertiary/aromatic N) is 2. The average Bonchev–Trinajstić information content (AvgIpc) is 2.78. The van der Waals surface area contributed by atoms with E-state index in [4.69, 9.17) is 27.9 Å². The highest BCUT2D eigenvalue weighted by Crippen LogP contribution is 2.54. The Morgan fingerprint density at radius 3 is 2.74 bits per heavy atom. The van der Waals surface area contributed by atoms with Gasteiger partial charge in [-0.25, -0.2) is 9.78 Å². The Morgan fingerprint density at radius 1 is 1.43 bits per heavy atom. The van der Waals surface area contributed by atoms with Gasteiger partial charge in [-0.15, -0.1) is 0 Å². The van der Waals surface area contributed by atoms with Crippen LogP contribution in [0.5, 0.6) is 0 Å². The summed E-state index contributed by atoms with van der Waals surface area (Å²) in [5, 5.41) is 11.5. The van der Waals surface area contributed by atoms with Crippen LogP contribution in [0.15, 0.2) is 12.3 Å². The van der Waals surface area contributed by atoms with Gasteiger partial charge in [0.15, 0.2) is 0 Å². The average molecular weight is 359 g/mol. The topological polar surface area (TPSA) is 62.7 Å². The van der Waals surface area contributed by atoms with Crippen LogP contribution >= 0.6 is 23.2 Å². The molecule has 1 aliphatic carbocycles. The lowest BCUT2D eigenvalue weighted by molar-refractivity contribution is -0.124. The fraction of sp³-hybridized carbons (Fsp3) is 0.625. The van der Waals surface area contributed by atoms with Crippen LogP contribution in [0.4, 0.5) is 4.79 Å². The van der Waals surface area contributed by atoms with Crippen molar-refractivity contribution < 1.29 is 14.6 Å². The first-order chi connectivity index (χ1) is 10.6. The van der Waals surface area contributed by atoms with Crippen molar-refractivity contribution in [2.75, 3.05) is 13.1 Å². The van der Waals surface area contributed by atoms with E-state index in [1.807, 2.05) is 20.8 Å². The molecule has 1 aromatic rings. The van der Waals surface area contributed by atoms with Crippen molar-refractivity contribution in [3.05, 3.63) is 28.0 Å². The molecule has 1 unspecified atom stereocenters. The quantitative estimate of drug-likeness (QED) is 0.780. The third kappa shape index (κ3) is 3.02. The van der Waals surface area contributed by atoms with E-state index in [2.05, 4.69) is 4.98 Å². The fourth-order valence-corrected chi connectivity index (χ4v) is 3.74. The Morgan fingerprint density at radius 2 is 2.13 bits per heavy atom. The second kappa shape index (κ2) is 5.50. The molecule has 1 aromatic heterocycles. The fourth-order valence-electron chi connectivity index (χ4n) is 3.48. The van der Waals surface area contributed by atoms with Crippen molar-refractivity contribution in [2.45, 2.75) is 38.4 Å². The number of ether oxygens (including phenoxy) is 1. The molecule has 1 N–H and O–H groups in total. The maximum Gasteiger partial charge on any atom is 0.410 e. The lowest BCUT2D eigenvalue weighted by Gasteiger charge is -2.47. The maximum absolute atomic E-state index is 12.2. The van der Waals surface area contributed by atoms with E-state index in [0.29, 0.717) is 30.1 Å². The van der Waals surface area contributed by atoms with Gasteiger partial charge in [0.25, 0.3) is 0 Å². The largest absolute Gasteiger partial charge is 0.444 e. The highest BCUT2D eigenvalue weighted by Gasteiger charge is 2.59. The summed E-state index contributed by atoms with van der Waals surface area (Å²) in [7, 11) is 0. The first-order valence-electron chi connectivity index (χ1n) is 7.62. The molecule has 7 heteroatoms. The second-order valence-electron chi connectivity index (χ2n) is 7.38. The minimum Gasteiger partial charge on any atom is -0.444 e. The Kier molecular flexibility index (Phi) is 4.02. The summed E-state index contributed by atoms with van der Waals surface area (Å²) in [5.74, 6) is 0.232. The number of fused-ring (bicyclic) bond motifs is 1. The first kappa shape index (κ1) is 16.8. The molecule has 2 heterocycles. The SMILES string of the molecule is CC(C)(C)OC(=O)N1C[C@@H]2CC(O)(c3cnc(Cl)c(Cl)c3)[C@@H]2C1. The van der Waals surface area contributed by atoms with Crippen LogP contribution in [0.2, 0.25) is 10.2 Å². The molecule has 0 radical (unpaired) electrons. The number of carbonyl (C=O) groups excluding carboxylic acids is 1. The lowest BCUT2D eigenvalue weighted by Crippen LogP contribution is -2.51. The summed E-state index contributed by atoms with van der Waals surface area (Å²) in [6.45, 7) is 6.60. The third-order valence-corrected chi connectivity index (χ3v) is 5.26. The molecule has 0 spiro atoms. The summed E-state index contributed by atoms with van der Waals surface area (Å²) in [5.41, 5.74) is -0.884. The number of rotatable bonds is 1. The van der Waals surface area contributed by atoms with Crippen molar-refractivity contribution >= 4 is 29.3 Å². The highest BCUT2D eigenvalue weighted by atomic mass is 35.5. The third-order valence-electron chi connectivity index (χ3n) is 4.58. The molecule has 23 heavy (non-hydrogen) atoms. The van der Waals surface area contributed by atoms with Gasteiger partial charge in [-0.3, -0.25) is 0 Å². The minimum atomic E-state index is -1.01. The summed E-state index contributed by atoms with van der Waals surface area (Å²) in [4.78, 5) is 17.9. The Hall–Kier alpha value is -1.04. The highest BCUT2D eigenvalue weighted by molar-refractivity contribution is 6.41. The van der Waals surface area contributed by atoms with E-state index in [9.17, 15) is 9.90 Å². The monoisotopic (exact) mass is 358 g/mol. The zero-order valence-corrected chi connectivity index (χ0v) is 14.9. The maximum atomic E-state index is 12.2. The number of aromatic nitrogens is 1. The molecule has 3 atom stereocenters. The standard InChI is InChI=1S/C16H20Cl2N2O3/c1-15(2,3)23-14(21)20-7-9-5-16(22,11(9)8-20)10-4-12(17)13(18)19-6-10/h4,6,9,11,22H,5,7-8H2,1-3H3/t9-,11+,16?/m0/s1. The predicted octanol–water partition coefficient (Wildman–Crippen LogP) is 3.46. The molecule has 1 amide bonds. The molecule has 1 saturated carbocycles. The number of halogens is 2. The normalized spacial score (nSPS) is 29.9. The Bertz CT molecular complexity index is 647. The van der Waals surface area contributed by atoms with E-state index in [1.54, 1.807) is 17.2 Å². The van der Waals surface area contributed by atoms with Crippen LogP contribution in [0.3, 0.4) is 0 Å². The molecule has 126 valence electrons. The smallest absolute Gasteiger partial charge is 0.410 e. The lowest BCUT2D eigenvalue weighted by atomic mass is 9.60. The molecule has 3 rings (SSSR count). The van der Waals surface area contributed by atoms with Gasteiger partial charge in [-0.2, -0.15) is 0 Å². The van der Waals surface area contributed by atoms with Gasteiger partial charge in [0.1, 0.15) is 10.8 Å². The van der Waals surface area contributed by atoms with E-state index < -0.39 is 11.2 Å². The van der Waals surface area contributed by atoms with Crippen LogP contribution < -0.4 is 0 Å². The van der Waals surface area contributed by atoms with E-state index >= 15 is 0 Å². The molecule has 2 fully saturated rings. The number of amides is 1. The number of carbonyl (C=O) groups is 1. The van der Waals surface area contributed by atoms with Crippen LogP contribution in [-0.2, 0) is 10.3 Å². The zero-order valence-electron chi connectivity index (χ0n) is 13.3. The second-order valence-corrected chi connectivity index (χ2v) is 8.14. The van der Waals surface area contributed by atoms with Gasteiger partial charge in [0, 0.05) is 30.8 Å². The number of hydrogen-bond acceptors (Lipinski definition) is 4. The van der Waals surface area contributed by atoms with Crippen LogP contribution in [0.1, 0.15) is 32.8 Å². The van der Waals surface area contributed by atoms with Crippen molar-refractivity contribution in [1.29, 1.82) is 0 Å². The molecule has 2 aliphatic rings. The van der Waals surface area contributed by atoms with Crippen LogP contribution in [0.25, 0.3) is 0 Å². The zero-order chi connectivity index (χ0) is 17.0. The number of aliphatic hydroxyl groups is 1. The van der Waals surface area contributed by atoms with Crippen molar-refractivity contribution in [3.63, 3.8) is 0 Å². The van der Waals surface area contributed by atoms with Crippen molar-refractivity contribution in [2.24, 2.45) is 11.8 Å². The molecular formula is C16H20Cl2N2O3. The van der Waals surface area contributed by atoms with Gasteiger partial charge in [0.05, 0.1) is 10.6 Å². The molecule has 0 bridgehead atoms. The van der Waals surface area contributed by atoms with Gasteiger partial charge >= 0.3 is 6.09 Å². The molecule has 1 saturated heterocycles. The van der Waals surface area contributed by atoms with E-state index in [-0.39, 0.29) is 23.1 Å². The Labute approximate surface area is 145 Å². The summed E-state index contributed by atoms with van der Waals surface area (Å²) < 4.78 is 5.41. The van der Waals surface area contributed by atoms with Crippen molar-refractivity contribution in [3.8, 4) is 0 Å². The Balaban J connectivity index is 1.73. The minimum absolute atomic E-state index is 0.0333. The molecule has 0 aromatic carbocycles. The van der Waals surface area contributed by atoms with Gasteiger partial charge in [-0.1, -0.05) is 23.2 Å². The van der Waals surface area contributed by atoms with Crippen LogP contribution in [0, 0.1) is 11.8 Å². The van der Waals surface area contributed by atoms with Gasteiger partial charge in [-0.05, 0) is 39.2 Å². The number of pyridine rings is 1. The number of hydrogen-bond donors (Lipinski definition) is 1. The van der Waals surface area contributed by atoms with Crippen LogP contribution in [-0.4, -0.2) is 39.8 Å². The number of likely N-dealkylation sites (tertiary alicyclic amines) is 1.